The van der Waals surface area contributed by atoms with Gasteiger partial charge in [-0.2, -0.15) is 0 Å². The number of benzene rings is 2. The van der Waals surface area contributed by atoms with Crippen molar-refractivity contribution in [2.45, 2.75) is 0 Å². The second-order valence-electron chi connectivity index (χ2n) is 4.68. The third kappa shape index (κ3) is 4.57. The van der Waals surface area contributed by atoms with Gasteiger partial charge in [-0.1, -0.05) is 34.8 Å². The standard InChI is InChI=1S/C17H14Cl3NO3/c1-23-15-5-4-12(9-13(15)19)21-16(22)6-3-10-7-11(18)8-14(20)17(10)24-2/h3-9H,1-2H3,(H,21,22)/b6-3+. The van der Waals surface area contributed by atoms with Gasteiger partial charge in [-0.3, -0.25) is 4.79 Å². The molecule has 2 rings (SSSR count). The van der Waals surface area contributed by atoms with Crippen LogP contribution >= 0.6 is 34.8 Å². The summed E-state index contributed by atoms with van der Waals surface area (Å²) in [5.74, 6) is 0.635. The molecule has 0 unspecified atom stereocenters. The third-order valence-corrected chi connectivity index (χ3v) is 3.87. The number of nitrogens with one attached hydrogen (secondary N) is 1. The number of carbonyl (C=O) groups excluding carboxylic acids is 1. The number of methoxy groups -OCH3 is 2. The Bertz CT molecular complexity index is 791. The Hall–Kier alpha value is -1.88. The monoisotopic (exact) mass is 385 g/mol. The van der Waals surface area contributed by atoms with Gasteiger partial charge < -0.3 is 14.8 Å². The summed E-state index contributed by atoms with van der Waals surface area (Å²) < 4.78 is 10.3. The van der Waals surface area contributed by atoms with Crippen molar-refractivity contribution in [2.24, 2.45) is 0 Å². The van der Waals surface area contributed by atoms with E-state index in [2.05, 4.69) is 5.32 Å². The quantitative estimate of drug-likeness (QED) is 0.708. The van der Waals surface area contributed by atoms with Gasteiger partial charge in [-0.25, -0.2) is 0 Å². The first-order valence-corrected chi connectivity index (χ1v) is 7.93. The van der Waals surface area contributed by atoms with Crippen molar-refractivity contribution < 1.29 is 14.3 Å². The Kier molecular flexibility index (Phi) is 6.37. The zero-order valence-electron chi connectivity index (χ0n) is 12.9. The minimum absolute atomic E-state index is 0.339. The molecule has 7 heteroatoms. The summed E-state index contributed by atoms with van der Waals surface area (Å²) in [6.45, 7) is 0. The van der Waals surface area contributed by atoms with Gasteiger partial charge in [-0.15, -0.1) is 0 Å². The average molecular weight is 387 g/mol. The maximum absolute atomic E-state index is 12.0. The summed E-state index contributed by atoms with van der Waals surface area (Å²) in [7, 11) is 3.01. The summed E-state index contributed by atoms with van der Waals surface area (Å²) >= 11 is 18.0. The summed E-state index contributed by atoms with van der Waals surface area (Å²) in [5, 5.41) is 3.92. The van der Waals surface area contributed by atoms with Gasteiger partial charge in [-0.05, 0) is 36.4 Å². The molecular formula is C17H14Cl3NO3. The minimum Gasteiger partial charge on any atom is -0.495 e. The number of halogens is 3. The molecule has 0 aromatic heterocycles. The predicted octanol–water partition coefficient (Wildman–Crippen LogP) is 5.32. The fourth-order valence-electron chi connectivity index (χ4n) is 2.01. The van der Waals surface area contributed by atoms with Crippen LogP contribution in [0.1, 0.15) is 5.56 Å². The number of rotatable bonds is 5. The SMILES string of the molecule is COc1ccc(NC(=O)/C=C/c2cc(Cl)cc(Cl)c2OC)cc1Cl. The van der Waals surface area contributed by atoms with Crippen molar-refractivity contribution in [3.8, 4) is 11.5 Å². The van der Waals surface area contributed by atoms with Crippen LogP contribution in [-0.2, 0) is 4.79 Å². The zero-order chi connectivity index (χ0) is 17.7. The van der Waals surface area contributed by atoms with Gasteiger partial charge in [0.15, 0.2) is 0 Å². The molecule has 4 nitrogen and oxygen atoms in total. The van der Waals surface area contributed by atoms with Crippen LogP contribution in [0.4, 0.5) is 5.69 Å². The number of carbonyl (C=O) groups is 1. The predicted molar refractivity (Wildman–Crippen MR) is 98.7 cm³/mol. The van der Waals surface area contributed by atoms with Gasteiger partial charge in [0.1, 0.15) is 11.5 Å². The van der Waals surface area contributed by atoms with Crippen LogP contribution in [0.3, 0.4) is 0 Å². The molecule has 24 heavy (non-hydrogen) atoms. The lowest BCUT2D eigenvalue weighted by molar-refractivity contribution is -0.111. The minimum atomic E-state index is -0.339. The van der Waals surface area contributed by atoms with Crippen molar-refractivity contribution in [1.82, 2.24) is 0 Å². The lowest BCUT2D eigenvalue weighted by Gasteiger charge is -2.08. The molecular weight excluding hydrogens is 373 g/mol. The van der Waals surface area contributed by atoms with Crippen molar-refractivity contribution >= 4 is 52.5 Å². The molecule has 0 bridgehead atoms. The van der Waals surface area contributed by atoms with Crippen LogP contribution in [0.15, 0.2) is 36.4 Å². The molecule has 0 radical (unpaired) electrons. The van der Waals surface area contributed by atoms with E-state index in [-0.39, 0.29) is 5.91 Å². The molecule has 0 atom stereocenters. The van der Waals surface area contributed by atoms with E-state index < -0.39 is 0 Å². The first-order chi connectivity index (χ1) is 11.4. The van der Waals surface area contributed by atoms with Gasteiger partial charge in [0.25, 0.3) is 0 Å². The van der Waals surface area contributed by atoms with Crippen LogP contribution in [0, 0.1) is 0 Å². The maximum atomic E-state index is 12.0. The fourth-order valence-corrected chi connectivity index (χ4v) is 2.86. The van der Waals surface area contributed by atoms with E-state index in [4.69, 9.17) is 44.3 Å². The largest absolute Gasteiger partial charge is 0.495 e. The number of anilines is 1. The summed E-state index contributed by atoms with van der Waals surface area (Å²) in [5.41, 5.74) is 1.14. The van der Waals surface area contributed by atoms with Gasteiger partial charge in [0, 0.05) is 22.3 Å². The average Bonchev–Trinajstić information content (AvgIpc) is 2.52. The van der Waals surface area contributed by atoms with E-state index in [1.54, 1.807) is 36.4 Å². The van der Waals surface area contributed by atoms with Crippen LogP contribution in [0.2, 0.25) is 15.1 Å². The van der Waals surface area contributed by atoms with Crippen LogP contribution in [0.25, 0.3) is 6.08 Å². The van der Waals surface area contributed by atoms with E-state index in [0.29, 0.717) is 37.8 Å². The van der Waals surface area contributed by atoms with Crippen molar-refractivity contribution in [3.63, 3.8) is 0 Å². The Morgan fingerprint density at radius 3 is 2.42 bits per heavy atom. The highest BCUT2D eigenvalue weighted by atomic mass is 35.5. The highest BCUT2D eigenvalue weighted by molar-refractivity contribution is 6.36. The smallest absolute Gasteiger partial charge is 0.248 e. The second-order valence-corrected chi connectivity index (χ2v) is 5.93. The first-order valence-electron chi connectivity index (χ1n) is 6.80. The Morgan fingerprint density at radius 2 is 1.79 bits per heavy atom. The van der Waals surface area contributed by atoms with E-state index in [9.17, 15) is 4.79 Å². The van der Waals surface area contributed by atoms with E-state index in [0.717, 1.165) is 0 Å². The molecule has 1 N–H and O–H groups in total. The van der Waals surface area contributed by atoms with E-state index in [1.165, 1.54) is 20.3 Å². The molecule has 126 valence electrons. The van der Waals surface area contributed by atoms with Crippen molar-refractivity contribution in [3.05, 3.63) is 57.0 Å². The van der Waals surface area contributed by atoms with Crippen LogP contribution < -0.4 is 14.8 Å². The molecule has 0 saturated heterocycles. The van der Waals surface area contributed by atoms with Crippen LogP contribution in [-0.4, -0.2) is 20.1 Å². The molecule has 0 spiro atoms. The van der Waals surface area contributed by atoms with Gasteiger partial charge >= 0.3 is 0 Å². The van der Waals surface area contributed by atoms with E-state index in [1.807, 2.05) is 0 Å². The first kappa shape index (κ1) is 18.5. The molecule has 1 amide bonds. The zero-order valence-corrected chi connectivity index (χ0v) is 15.2. The van der Waals surface area contributed by atoms with E-state index >= 15 is 0 Å². The fraction of sp³-hybridized carbons (Fsp3) is 0.118. The number of hydrogen-bond acceptors (Lipinski definition) is 3. The molecule has 2 aromatic rings. The Morgan fingerprint density at radius 1 is 1.04 bits per heavy atom. The summed E-state index contributed by atoms with van der Waals surface area (Å²) in [4.78, 5) is 12.0. The molecule has 0 aliphatic carbocycles. The van der Waals surface area contributed by atoms with Gasteiger partial charge in [0.05, 0.1) is 24.3 Å². The van der Waals surface area contributed by atoms with Gasteiger partial charge in [0.2, 0.25) is 5.91 Å². The van der Waals surface area contributed by atoms with Crippen LogP contribution in [0.5, 0.6) is 11.5 Å². The molecule has 0 saturated carbocycles. The Balaban J connectivity index is 2.15. The van der Waals surface area contributed by atoms with Crippen molar-refractivity contribution in [2.75, 3.05) is 19.5 Å². The molecule has 0 aliphatic heterocycles. The maximum Gasteiger partial charge on any atom is 0.248 e. The highest BCUT2D eigenvalue weighted by Crippen LogP contribution is 2.33. The molecule has 2 aromatic carbocycles. The number of hydrogen-bond donors (Lipinski definition) is 1. The molecule has 0 fully saturated rings. The summed E-state index contributed by atoms with van der Waals surface area (Å²) in [6.07, 6.45) is 2.92. The molecule has 0 aliphatic rings. The second kappa shape index (κ2) is 8.29. The molecule has 0 heterocycles. The highest BCUT2D eigenvalue weighted by Gasteiger charge is 2.08. The normalized spacial score (nSPS) is 10.7. The lowest BCUT2D eigenvalue weighted by Crippen LogP contribution is -2.07. The topological polar surface area (TPSA) is 47.6 Å². The number of amides is 1. The number of ether oxygens (including phenoxy) is 2. The summed E-state index contributed by atoms with van der Waals surface area (Å²) in [6, 6.07) is 8.18. The lowest BCUT2D eigenvalue weighted by atomic mass is 10.2. The third-order valence-electron chi connectivity index (χ3n) is 3.07. The van der Waals surface area contributed by atoms with Crippen molar-refractivity contribution in [1.29, 1.82) is 0 Å². The Labute approximate surface area is 154 Å².